The van der Waals surface area contributed by atoms with E-state index in [1.54, 1.807) is 51.1 Å². The van der Waals surface area contributed by atoms with Gasteiger partial charge < -0.3 is 14.3 Å². The zero-order chi connectivity index (χ0) is 25.3. The van der Waals surface area contributed by atoms with Crippen LogP contribution in [0.1, 0.15) is 47.0 Å². The lowest BCUT2D eigenvalue weighted by atomic mass is 10.1. The van der Waals surface area contributed by atoms with E-state index < -0.39 is 10.0 Å². The predicted octanol–water partition coefficient (Wildman–Crippen LogP) is 4.37. The number of benzene rings is 1. The monoisotopic (exact) mass is 496 g/mol. The van der Waals surface area contributed by atoms with Gasteiger partial charge in [-0.3, -0.25) is 4.79 Å². The van der Waals surface area contributed by atoms with E-state index in [2.05, 4.69) is 15.5 Å². The van der Waals surface area contributed by atoms with Gasteiger partial charge >= 0.3 is 0 Å². The van der Waals surface area contributed by atoms with Crippen molar-refractivity contribution >= 4 is 27.0 Å². The zero-order valence-electron chi connectivity index (χ0n) is 20.4. The van der Waals surface area contributed by atoms with Crippen LogP contribution in [0.25, 0.3) is 22.4 Å². The Bertz CT molecular complexity index is 1480. The van der Waals surface area contributed by atoms with Crippen LogP contribution in [0.15, 0.2) is 50.2 Å². The summed E-state index contributed by atoms with van der Waals surface area (Å²) in [6, 6.07) is 10.1. The maximum Gasteiger partial charge on any atom is 0.259 e. The van der Waals surface area contributed by atoms with Crippen molar-refractivity contribution in [2.24, 2.45) is 0 Å². The minimum Gasteiger partial charge on any atom is -0.466 e. The van der Waals surface area contributed by atoms with Gasteiger partial charge in [-0.15, -0.1) is 0 Å². The standard InChI is InChI=1S/C25H28N4O5S/c1-6-29(7-2)35(31,32)19-10-8-18(9-11-19)14-26-24(30)21-13-22(20-12-15(3)33-17(20)5)27-25-23(21)16(4)28-34-25/h8-13H,6-7,14H2,1-5H3,(H,26,30). The number of nitrogens with zero attached hydrogens (tertiary/aromatic N) is 3. The van der Waals surface area contributed by atoms with Gasteiger partial charge in [-0.1, -0.05) is 31.1 Å². The fourth-order valence-electron chi connectivity index (χ4n) is 4.07. The fourth-order valence-corrected chi connectivity index (χ4v) is 5.52. The van der Waals surface area contributed by atoms with Crippen LogP contribution in [0.3, 0.4) is 0 Å². The molecule has 4 aromatic rings. The molecule has 0 saturated heterocycles. The van der Waals surface area contributed by atoms with Crippen molar-refractivity contribution in [3.8, 4) is 11.3 Å². The van der Waals surface area contributed by atoms with E-state index in [0.29, 0.717) is 41.2 Å². The van der Waals surface area contributed by atoms with E-state index in [1.807, 2.05) is 19.9 Å². The molecule has 35 heavy (non-hydrogen) atoms. The quantitative estimate of drug-likeness (QED) is 0.385. The Morgan fingerprint density at radius 2 is 1.74 bits per heavy atom. The number of furan rings is 1. The Balaban J connectivity index is 1.59. The van der Waals surface area contributed by atoms with Crippen molar-refractivity contribution in [1.82, 2.24) is 19.8 Å². The summed E-state index contributed by atoms with van der Waals surface area (Å²) in [5, 5.41) is 7.43. The number of rotatable bonds is 8. The number of aryl methyl sites for hydroxylation is 3. The maximum atomic E-state index is 13.2. The number of carbonyl (C=O) groups is 1. The van der Waals surface area contributed by atoms with Gasteiger partial charge in [-0.2, -0.15) is 4.31 Å². The van der Waals surface area contributed by atoms with Crippen LogP contribution in [-0.2, 0) is 16.6 Å². The van der Waals surface area contributed by atoms with Crippen LogP contribution >= 0.6 is 0 Å². The number of hydrogen-bond acceptors (Lipinski definition) is 7. The number of aromatic nitrogens is 2. The van der Waals surface area contributed by atoms with E-state index >= 15 is 0 Å². The van der Waals surface area contributed by atoms with Gasteiger partial charge in [-0.05, 0) is 50.6 Å². The molecule has 0 radical (unpaired) electrons. The van der Waals surface area contributed by atoms with Crippen LogP contribution in [0.5, 0.6) is 0 Å². The van der Waals surface area contributed by atoms with E-state index in [0.717, 1.165) is 16.9 Å². The smallest absolute Gasteiger partial charge is 0.259 e. The molecule has 1 aromatic carbocycles. The summed E-state index contributed by atoms with van der Waals surface area (Å²) in [5.74, 6) is 1.12. The van der Waals surface area contributed by atoms with Crippen molar-refractivity contribution in [2.75, 3.05) is 13.1 Å². The van der Waals surface area contributed by atoms with Crippen molar-refractivity contribution in [1.29, 1.82) is 0 Å². The number of hydrogen-bond donors (Lipinski definition) is 1. The summed E-state index contributed by atoms with van der Waals surface area (Å²) in [6.07, 6.45) is 0. The summed E-state index contributed by atoms with van der Waals surface area (Å²) >= 11 is 0. The Morgan fingerprint density at radius 1 is 1.06 bits per heavy atom. The molecule has 0 unspecified atom stereocenters. The topological polar surface area (TPSA) is 119 Å². The van der Waals surface area contributed by atoms with E-state index in [4.69, 9.17) is 8.94 Å². The summed E-state index contributed by atoms with van der Waals surface area (Å²) in [4.78, 5) is 18.0. The Hall–Kier alpha value is -3.50. The molecular weight excluding hydrogens is 468 g/mol. The molecule has 9 nitrogen and oxygen atoms in total. The molecule has 0 fully saturated rings. The third kappa shape index (κ3) is 4.71. The molecule has 1 N–H and O–H groups in total. The molecule has 3 heterocycles. The molecule has 0 aliphatic heterocycles. The van der Waals surface area contributed by atoms with E-state index in [1.165, 1.54) is 4.31 Å². The molecule has 0 spiro atoms. The highest BCUT2D eigenvalue weighted by molar-refractivity contribution is 7.89. The van der Waals surface area contributed by atoms with Gasteiger partial charge in [0.1, 0.15) is 11.5 Å². The first-order chi connectivity index (χ1) is 16.6. The van der Waals surface area contributed by atoms with Crippen LogP contribution in [0, 0.1) is 20.8 Å². The lowest BCUT2D eigenvalue weighted by molar-refractivity contribution is 0.0952. The van der Waals surface area contributed by atoms with Crippen molar-refractivity contribution in [3.63, 3.8) is 0 Å². The summed E-state index contributed by atoms with van der Waals surface area (Å²) < 4.78 is 37.8. The van der Waals surface area contributed by atoms with Gasteiger partial charge in [0, 0.05) is 25.2 Å². The second kappa shape index (κ2) is 9.63. The molecule has 0 aliphatic carbocycles. The third-order valence-corrected chi connectivity index (χ3v) is 7.96. The van der Waals surface area contributed by atoms with Crippen molar-refractivity contribution in [3.05, 3.63) is 64.7 Å². The minimum absolute atomic E-state index is 0.220. The number of nitrogens with one attached hydrogen (secondary N) is 1. The first kappa shape index (κ1) is 24.6. The number of pyridine rings is 1. The van der Waals surface area contributed by atoms with Crippen LogP contribution in [0.2, 0.25) is 0 Å². The van der Waals surface area contributed by atoms with E-state index in [-0.39, 0.29) is 23.1 Å². The second-order valence-electron chi connectivity index (χ2n) is 8.25. The molecule has 0 aliphatic rings. The summed E-state index contributed by atoms with van der Waals surface area (Å²) in [7, 11) is -3.53. The van der Waals surface area contributed by atoms with Crippen molar-refractivity contribution in [2.45, 2.75) is 46.1 Å². The van der Waals surface area contributed by atoms with Crippen molar-refractivity contribution < 1.29 is 22.2 Å². The SMILES string of the molecule is CCN(CC)S(=O)(=O)c1ccc(CNC(=O)c2cc(-c3cc(C)oc3C)nc3onc(C)c23)cc1. The number of carbonyl (C=O) groups excluding carboxylic acids is 1. The largest absolute Gasteiger partial charge is 0.466 e. The molecular formula is C25H28N4O5S. The molecule has 0 bridgehead atoms. The highest BCUT2D eigenvalue weighted by Gasteiger charge is 2.22. The molecule has 0 saturated carbocycles. The van der Waals surface area contributed by atoms with Crippen LogP contribution in [-0.4, -0.2) is 41.9 Å². The average molecular weight is 497 g/mol. The van der Waals surface area contributed by atoms with Gasteiger partial charge in [0.05, 0.1) is 27.2 Å². The Labute approximate surface area is 204 Å². The highest BCUT2D eigenvalue weighted by Crippen LogP contribution is 2.30. The van der Waals surface area contributed by atoms with Gasteiger partial charge in [0.15, 0.2) is 0 Å². The maximum absolute atomic E-state index is 13.2. The highest BCUT2D eigenvalue weighted by atomic mass is 32.2. The molecule has 184 valence electrons. The fraction of sp³-hybridized carbons (Fsp3) is 0.320. The molecule has 10 heteroatoms. The summed E-state index contributed by atoms with van der Waals surface area (Å²) in [5.41, 5.74) is 3.33. The molecule has 1 amide bonds. The first-order valence-electron chi connectivity index (χ1n) is 11.4. The minimum atomic E-state index is -3.53. The van der Waals surface area contributed by atoms with E-state index in [9.17, 15) is 13.2 Å². The zero-order valence-corrected chi connectivity index (χ0v) is 21.2. The van der Waals surface area contributed by atoms with Gasteiger partial charge in [0.2, 0.25) is 10.0 Å². The molecule has 0 atom stereocenters. The predicted molar refractivity (Wildman–Crippen MR) is 131 cm³/mol. The average Bonchev–Trinajstić information content (AvgIpc) is 3.38. The lowest BCUT2D eigenvalue weighted by Crippen LogP contribution is -2.30. The second-order valence-corrected chi connectivity index (χ2v) is 10.2. The lowest BCUT2D eigenvalue weighted by Gasteiger charge is -2.18. The number of amides is 1. The Morgan fingerprint density at radius 3 is 2.34 bits per heavy atom. The molecule has 3 aromatic heterocycles. The number of sulfonamides is 1. The van der Waals surface area contributed by atoms with Crippen LogP contribution < -0.4 is 5.32 Å². The summed E-state index contributed by atoms with van der Waals surface area (Å²) in [6.45, 7) is 10.1. The normalized spacial score (nSPS) is 11.9. The third-order valence-electron chi connectivity index (χ3n) is 5.90. The van der Waals surface area contributed by atoms with Crippen LogP contribution in [0.4, 0.5) is 0 Å². The number of fused-ring (bicyclic) bond motifs is 1. The van der Waals surface area contributed by atoms with Gasteiger partial charge in [0.25, 0.3) is 11.6 Å². The van der Waals surface area contributed by atoms with Gasteiger partial charge in [-0.25, -0.2) is 13.4 Å². The molecule has 4 rings (SSSR count). The Kier molecular flexibility index (Phi) is 6.77. The first-order valence-corrected chi connectivity index (χ1v) is 12.8.